The molecule has 0 radical (unpaired) electrons. The van der Waals surface area contributed by atoms with Crippen LogP contribution in [-0.2, 0) is 14.6 Å². The molecule has 1 amide bonds. The summed E-state index contributed by atoms with van der Waals surface area (Å²) in [6.07, 6.45) is 3.40. The van der Waals surface area contributed by atoms with E-state index in [9.17, 15) is 13.2 Å². The van der Waals surface area contributed by atoms with Crippen LogP contribution in [0.25, 0.3) is 11.1 Å². The van der Waals surface area contributed by atoms with E-state index in [-0.39, 0.29) is 28.4 Å². The van der Waals surface area contributed by atoms with Crippen LogP contribution in [0, 0.1) is 11.8 Å². The van der Waals surface area contributed by atoms with Gasteiger partial charge in [0.15, 0.2) is 15.4 Å². The van der Waals surface area contributed by atoms with Gasteiger partial charge >= 0.3 is 0 Å². The Kier molecular flexibility index (Phi) is 6.15. The van der Waals surface area contributed by atoms with Crippen molar-refractivity contribution in [1.29, 1.82) is 0 Å². The molecule has 3 rings (SSSR count). The molecule has 1 N–H and O–H groups in total. The molecular weight excluding hydrogens is 384 g/mol. The Bertz CT molecular complexity index is 923. The SMILES string of the molecule is CCS(=O)(=O)c1ccc2oc(SCC(=O)N[C@@H]3CCC[C@H](C)[C@@H]3C)nc2c1. The van der Waals surface area contributed by atoms with Gasteiger partial charge in [0.05, 0.1) is 16.4 Å². The number of carbonyl (C=O) groups excluding carboxylic acids is 1. The molecule has 6 nitrogen and oxygen atoms in total. The largest absolute Gasteiger partial charge is 0.431 e. The van der Waals surface area contributed by atoms with Crippen LogP contribution in [0.3, 0.4) is 0 Å². The van der Waals surface area contributed by atoms with E-state index in [0.29, 0.717) is 28.2 Å². The molecule has 0 aliphatic heterocycles. The summed E-state index contributed by atoms with van der Waals surface area (Å²) in [5.74, 6) is 1.35. The van der Waals surface area contributed by atoms with Gasteiger partial charge in [-0.15, -0.1) is 0 Å². The second-order valence-corrected chi connectivity index (χ2v) is 10.4. The molecule has 3 atom stereocenters. The fourth-order valence-electron chi connectivity index (χ4n) is 3.47. The number of rotatable bonds is 6. The highest BCUT2D eigenvalue weighted by Gasteiger charge is 2.28. The van der Waals surface area contributed by atoms with E-state index in [1.54, 1.807) is 13.0 Å². The van der Waals surface area contributed by atoms with E-state index in [1.165, 1.54) is 30.3 Å². The number of benzene rings is 1. The maximum Gasteiger partial charge on any atom is 0.257 e. The quantitative estimate of drug-likeness (QED) is 0.731. The zero-order valence-corrected chi connectivity index (χ0v) is 17.5. The molecule has 1 aromatic carbocycles. The van der Waals surface area contributed by atoms with Gasteiger partial charge in [0.1, 0.15) is 5.52 Å². The molecule has 0 bridgehead atoms. The first-order valence-corrected chi connectivity index (χ1v) is 12.0. The highest BCUT2D eigenvalue weighted by atomic mass is 32.2. The van der Waals surface area contributed by atoms with Crippen molar-refractivity contribution in [3.8, 4) is 0 Å². The Morgan fingerprint density at radius 3 is 2.85 bits per heavy atom. The number of carbonyl (C=O) groups is 1. The third kappa shape index (κ3) is 4.66. The number of hydrogen-bond donors (Lipinski definition) is 1. The van der Waals surface area contributed by atoms with Crippen molar-refractivity contribution in [2.24, 2.45) is 11.8 Å². The highest BCUT2D eigenvalue weighted by Crippen LogP contribution is 2.30. The summed E-state index contributed by atoms with van der Waals surface area (Å²) in [7, 11) is -3.28. The third-order valence-corrected chi connectivity index (χ3v) is 8.02. The lowest BCUT2D eigenvalue weighted by Gasteiger charge is -2.34. The Morgan fingerprint density at radius 2 is 2.11 bits per heavy atom. The summed E-state index contributed by atoms with van der Waals surface area (Å²) >= 11 is 1.22. The zero-order chi connectivity index (χ0) is 19.6. The summed E-state index contributed by atoms with van der Waals surface area (Å²) in [5.41, 5.74) is 1.00. The smallest absolute Gasteiger partial charge is 0.257 e. The lowest BCUT2D eigenvalue weighted by Crippen LogP contribution is -2.44. The first-order chi connectivity index (χ1) is 12.8. The number of aromatic nitrogens is 1. The summed E-state index contributed by atoms with van der Waals surface area (Å²) in [6.45, 7) is 6.05. The van der Waals surface area contributed by atoms with Gasteiger partial charge in [-0.05, 0) is 36.5 Å². The molecule has 1 heterocycles. The van der Waals surface area contributed by atoms with Crippen molar-refractivity contribution in [3.05, 3.63) is 18.2 Å². The molecule has 27 heavy (non-hydrogen) atoms. The number of sulfone groups is 1. The zero-order valence-electron chi connectivity index (χ0n) is 15.9. The van der Waals surface area contributed by atoms with E-state index in [0.717, 1.165) is 12.8 Å². The average molecular weight is 411 g/mol. The molecule has 1 aliphatic rings. The van der Waals surface area contributed by atoms with E-state index >= 15 is 0 Å². The summed E-state index contributed by atoms with van der Waals surface area (Å²) in [5, 5.41) is 3.50. The van der Waals surface area contributed by atoms with Gasteiger partial charge in [-0.2, -0.15) is 0 Å². The molecule has 0 saturated heterocycles. The minimum atomic E-state index is -3.28. The van der Waals surface area contributed by atoms with Crippen molar-refractivity contribution in [3.63, 3.8) is 0 Å². The molecule has 8 heteroatoms. The standard InChI is InChI=1S/C19H26N2O4S2/c1-4-27(23,24)14-8-9-17-16(10-14)21-19(25-17)26-11-18(22)20-15-7-5-6-12(2)13(15)3/h8-10,12-13,15H,4-7,11H2,1-3H3,(H,20,22)/t12-,13-,15+/m0/s1. The van der Waals surface area contributed by atoms with Crippen LogP contribution < -0.4 is 5.32 Å². The van der Waals surface area contributed by atoms with Crippen molar-refractivity contribution >= 4 is 38.6 Å². The molecule has 2 aromatic rings. The maximum atomic E-state index is 12.3. The van der Waals surface area contributed by atoms with E-state index in [4.69, 9.17) is 4.42 Å². The lowest BCUT2D eigenvalue weighted by atomic mass is 9.78. The van der Waals surface area contributed by atoms with Gasteiger partial charge in [-0.25, -0.2) is 13.4 Å². The minimum Gasteiger partial charge on any atom is -0.431 e. The topological polar surface area (TPSA) is 89.3 Å². The Morgan fingerprint density at radius 1 is 1.33 bits per heavy atom. The number of nitrogens with one attached hydrogen (secondary N) is 1. The van der Waals surface area contributed by atoms with E-state index in [2.05, 4.69) is 24.1 Å². The first kappa shape index (κ1) is 20.2. The second kappa shape index (κ2) is 8.22. The van der Waals surface area contributed by atoms with E-state index in [1.807, 2.05) is 0 Å². The maximum absolute atomic E-state index is 12.3. The number of thioether (sulfide) groups is 1. The molecular formula is C19H26N2O4S2. The van der Waals surface area contributed by atoms with E-state index < -0.39 is 9.84 Å². The molecule has 148 valence electrons. The fourth-order valence-corrected chi connectivity index (χ4v) is 5.02. The molecule has 1 fully saturated rings. The highest BCUT2D eigenvalue weighted by molar-refractivity contribution is 7.99. The third-order valence-electron chi connectivity index (χ3n) is 5.46. The van der Waals surface area contributed by atoms with Gasteiger partial charge in [0, 0.05) is 6.04 Å². The number of hydrogen-bond acceptors (Lipinski definition) is 6. The van der Waals surface area contributed by atoms with Crippen LogP contribution >= 0.6 is 11.8 Å². The average Bonchev–Trinajstić information content (AvgIpc) is 3.06. The van der Waals surface area contributed by atoms with Crippen LogP contribution in [0.5, 0.6) is 0 Å². The van der Waals surface area contributed by atoms with Crippen molar-refractivity contribution < 1.29 is 17.6 Å². The summed E-state index contributed by atoms with van der Waals surface area (Å²) < 4.78 is 29.6. The molecule has 0 spiro atoms. The Balaban J connectivity index is 1.62. The van der Waals surface area contributed by atoms with Crippen LogP contribution in [0.1, 0.15) is 40.0 Å². The van der Waals surface area contributed by atoms with Gasteiger partial charge in [0.25, 0.3) is 5.22 Å². The number of amides is 1. The van der Waals surface area contributed by atoms with Gasteiger partial charge in [0.2, 0.25) is 5.91 Å². The van der Waals surface area contributed by atoms with Gasteiger partial charge in [-0.1, -0.05) is 45.4 Å². The normalized spacial score (nSPS) is 23.4. The molecule has 1 aromatic heterocycles. The van der Waals surface area contributed by atoms with Crippen molar-refractivity contribution in [1.82, 2.24) is 10.3 Å². The lowest BCUT2D eigenvalue weighted by molar-refractivity contribution is -0.120. The number of fused-ring (bicyclic) bond motifs is 1. The van der Waals surface area contributed by atoms with Crippen LogP contribution in [0.2, 0.25) is 0 Å². The Labute approximate surface area is 164 Å². The summed E-state index contributed by atoms with van der Waals surface area (Å²) in [6, 6.07) is 4.89. The molecule has 1 aliphatic carbocycles. The summed E-state index contributed by atoms with van der Waals surface area (Å²) in [4.78, 5) is 16.9. The monoisotopic (exact) mass is 410 g/mol. The fraction of sp³-hybridized carbons (Fsp3) is 0.579. The van der Waals surface area contributed by atoms with Crippen molar-refractivity contribution in [2.45, 2.75) is 56.2 Å². The van der Waals surface area contributed by atoms with Gasteiger partial charge < -0.3 is 9.73 Å². The molecule has 0 unspecified atom stereocenters. The minimum absolute atomic E-state index is 0.0255. The van der Waals surface area contributed by atoms with Crippen LogP contribution in [0.15, 0.2) is 32.7 Å². The Hall–Kier alpha value is -1.54. The number of nitrogens with zero attached hydrogens (tertiary/aromatic N) is 1. The predicted molar refractivity (Wildman–Crippen MR) is 107 cm³/mol. The van der Waals surface area contributed by atoms with Gasteiger partial charge in [-0.3, -0.25) is 4.79 Å². The van der Waals surface area contributed by atoms with Crippen LogP contribution in [0.4, 0.5) is 0 Å². The van der Waals surface area contributed by atoms with Crippen molar-refractivity contribution in [2.75, 3.05) is 11.5 Å². The predicted octanol–water partition coefficient (Wildman–Crippen LogP) is 3.65. The first-order valence-electron chi connectivity index (χ1n) is 9.35. The molecule has 1 saturated carbocycles. The van der Waals surface area contributed by atoms with Crippen LogP contribution in [-0.4, -0.2) is 36.9 Å². The number of oxazole rings is 1. The second-order valence-electron chi connectivity index (χ2n) is 7.24.